The Morgan fingerprint density at radius 3 is 2.65 bits per heavy atom. The Bertz CT molecular complexity index is 563. The third-order valence-corrected chi connectivity index (χ3v) is 3.99. The average molecular weight is 345 g/mol. The summed E-state index contributed by atoms with van der Waals surface area (Å²) in [5.74, 6) is 0.434. The molecule has 0 spiro atoms. The van der Waals surface area contributed by atoms with Gasteiger partial charge in [0.15, 0.2) is 0 Å². The van der Waals surface area contributed by atoms with Crippen molar-refractivity contribution in [2.45, 2.75) is 20.4 Å². The molecular formula is C12H13FIN3. The highest BCUT2D eigenvalue weighted by atomic mass is 127. The van der Waals surface area contributed by atoms with Crippen LogP contribution in [0, 0.1) is 23.2 Å². The van der Waals surface area contributed by atoms with Crippen LogP contribution in [0.15, 0.2) is 18.2 Å². The fourth-order valence-corrected chi connectivity index (χ4v) is 1.99. The van der Waals surface area contributed by atoms with Gasteiger partial charge in [-0.25, -0.2) is 9.07 Å². The maximum Gasteiger partial charge on any atom is 0.135 e. The SMILES string of the molecule is Cc1ccc(Cn2nc(C)c(I)c2N)cc1F. The zero-order chi connectivity index (χ0) is 12.6. The van der Waals surface area contributed by atoms with Crippen molar-refractivity contribution in [1.29, 1.82) is 0 Å². The Morgan fingerprint density at radius 2 is 2.12 bits per heavy atom. The molecule has 5 heteroatoms. The molecule has 2 aromatic rings. The molecule has 17 heavy (non-hydrogen) atoms. The maximum atomic E-state index is 13.4. The number of hydrogen-bond acceptors (Lipinski definition) is 2. The Kier molecular flexibility index (Phi) is 3.37. The summed E-state index contributed by atoms with van der Waals surface area (Å²) in [7, 11) is 0. The van der Waals surface area contributed by atoms with Crippen LogP contribution in [0.5, 0.6) is 0 Å². The van der Waals surface area contributed by atoms with Gasteiger partial charge in [-0.15, -0.1) is 0 Å². The molecule has 1 aromatic carbocycles. The van der Waals surface area contributed by atoms with Gasteiger partial charge < -0.3 is 5.73 Å². The van der Waals surface area contributed by atoms with Gasteiger partial charge in [-0.05, 0) is 53.6 Å². The average Bonchev–Trinajstić information content (AvgIpc) is 2.52. The Balaban J connectivity index is 2.31. The zero-order valence-corrected chi connectivity index (χ0v) is 11.8. The Labute approximate surface area is 113 Å². The lowest BCUT2D eigenvalue weighted by Gasteiger charge is -2.05. The number of aryl methyl sites for hydroxylation is 2. The number of rotatable bonds is 2. The van der Waals surface area contributed by atoms with Crippen molar-refractivity contribution in [2.75, 3.05) is 5.73 Å². The summed E-state index contributed by atoms with van der Waals surface area (Å²) >= 11 is 2.16. The van der Waals surface area contributed by atoms with E-state index in [4.69, 9.17) is 5.73 Å². The molecule has 0 saturated carbocycles. The van der Waals surface area contributed by atoms with Crippen LogP contribution in [0.4, 0.5) is 10.2 Å². The van der Waals surface area contributed by atoms with Gasteiger partial charge in [0.2, 0.25) is 0 Å². The van der Waals surface area contributed by atoms with Crippen LogP contribution >= 0.6 is 22.6 Å². The number of anilines is 1. The summed E-state index contributed by atoms with van der Waals surface area (Å²) < 4.78 is 16.1. The molecule has 0 amide bonds. The van der Waals surface area contributed by atoms with Crippen molar-refractivity contribution in [2.24, 2.45) is 0 Å². The highest BCUT2D eigenvalue weighted by Crippen LogP contribution is 2.20. The molecule has 0 atom stereocenters. The number of halogens is 2. The first-order valence-corrected chi connectivity index (χ1v) is 6.30. The molecule has 0 aliphatic rings. The molecule has 1 aromatic heterocycles. The summed E-state index contributed by atoms with van der Waals surface area (Å²) in [6.07, 6.45) is 0. The highest BCUT2D eigenvalue weighted by Gasteiger charge is 2.10. The summed E-state index contributed by atoms with van der Waals surface area (Å²) in [4.78, 5) is 0. The van der Waals surface area contributed by atoms with Crippen molar-refractivity contribution < 1.29 is 4.39 Å². The lowest BCUT2D eigenvalue weighted by atomic mass is 10.1. The topological polar surface area (TPSA) is 43.8 Å². The lowest BCUT2D eigenvalue weighted by molar-refractivity contribution is 0.611. The number of nitrogens with zero attached hydrogens (tertiary/aromatic N) is 2. The summed E-state index contributed by atoms with van der Waals surface area (Å²) in [5, 5.41) is 4.32. The number of aromatic nitrogens is 2. The van der Waals surface area contributed by atoms with Crippen molar-refractivity contribution >= 4 is 28.4 Å². The number of nitrogen functional groups attached to an aromatic ring is 1. The van der Waals surface area contributed by atoms with E-state index in [2.05, 4.69) is 27.7 Å². The van der Waals surface area contributed by atoms with Gasteiger partial charge in [0.05, 0.1) is 15.8 Å². The van der Waals surface area contributed by atoms with Crippen LogP contribution in [0.1, 0.15) is 16.8 Å². The van der Waals surface area contributed by atoms with Crippen LogP contribution < -0.4 is 5.73 Å². The molecule has 0 saturated heterocycles. The van der Waals surface area contributed by atoms with Crippen molar-refractivity contribution in [3.63, 3.8) is 0 Å². The summed E-state index contributed by atoms with van der Waals surface area (Å²) in [6.45, 7) is 4.14. The van der Waals surface area contributed by atoms with Gasteiger partial charge in [-0.3, -0.25) is 0 Å². The lowest BCUT2D eigenvalue weighted by Crippen LogP contribution is -2.06. The molecule has 0 aliphatic heterocycles. The number of hydrogen-bond donors (Lipinski definition) is 1. The first-order chi connectivity index (χ1) is 7.99. The van der Waals surface area contributed by atoms with E-state index in [1.165, 1.54) is 6.07 Å². The minimum Gasteiger partial charge on any atom is -0.383 e. The molecule has 0 radical (unpaired) electrons. The predicted molar refractivity (Wildman–Crippen MR) is 74.3 cm³/mol. The monoisotopic (exact) mass is 345 g/mol. The van der Waals surface area contributed by atoms with Crippen LogP contribution in [0.2, 0.25) is 0 Å². The predicted octanol–water partition coefficient (Wildman–Crippen LogP) is 2.87. The number of nitrogens with two attached hydrogens (primary N) is 1. The molecule has 1 heterocycles. The number of benzene rings is 1. The Hall–Kier alpha value is -1.11. The van der Waals surface area contributed by atoms with E-state index in [1.54, 1.807) is 17.7 Å². The van der Waals surface area contributed by atoms with Crippen molar-refractivity contribution in [1.82, 2.24) is 9.78 Å². The largest absolute Gasteiger partial charge is 0.383 e. The second-order valence-electron chi connectivity index (χ2n) is 4.03. The smallest absolute Gasteiger partial charge is 0.135 e. The van der Waals surface area contributed by atoms with Crippen LogP contribution in [-0.4, -0.2) is 9.78 Å². The third-order valence-electron chi connectivity index (χ3n) is 2.66. The molecule has 0 bridgehead atoms. The first kappa shape index (κ1) is 12.3. The molecule has 0 aliphatic carbocycles. The molecule has 0 fully saturated rings. The standard InChI is InChI=1S/C12H13FIN3/c1-7-3-4-9(5-10(7)13)6-17-12(15)11(14)8(2)16-17/h3-5H,6,15H2,1-2H3. The van der Waals surface area contributed by atoms with E-state index in [0.29, 0.717) is 17.9 Å². The van der Waals surface area contributed by atoms with E-state index >= 15 is 0 Å². The van der Waals surface area contributed by atoms with Crippen LogP contribution in [0.25, 0.3) is 0 Å². The molecular weight excluding hydrogens is 332 g/mol. The van der Waals surface area contributed by atoms with Crippen molar-refractivity contribution in [3.05, 3.63) is 44.4 Å². The first-order valence-electron chi connectivity index (χ1n) is 5.22. The van der Waals surface area contributed by atoms with Gasteiger partial charge in [0.25, 0.3) is 0 Å². The quantitative estimate of drug-likeness (QED) is 0.851. The van der Waals surface area contributed by atoms with E-state index in [1.807, 2.05) is 13.0 Å². The van der Waals surface area contributed by atoms with E-state index < -0.39 is 0 Å². The van der Waals surface area contributed by atoms with E-state index in [0.717, 1.165) is 14.8 Å². The second-order valence-corrected chi connectivity index (χ2v) is 5.10. The van der Waals surface area contributed by atoms with E-state index in [-0.39, 0.29) is 5.82 Å². The Morgan fingerprint density at radius 1 is 1.41 bits per heavy atom. The maximum absolute atomic E-state index is 13.4. The van der Waals surface area contributed by atoms with Crippen molar-refractivity contribution in [3.8, 4) is 0 Å². The highest BCUT2D eigenvalue weighted by molar-refractivity contribution is 14.1. The van der Waals surface area contributed by atoms with Crippen LogP contribution in [-0.2, 0) is 6.54 Å². The molecule has 0 unspecified atom stereocenters. The second kappa shape index (κ2) is 4.64. The van der Waals surface area contributed by atoms with Gasteiger partial charge in [-0.2, -0.15) is 5.10 Å². The fraction of sp³-hybridized carbons (Fsp3) is 0.250. The van der Waals surface area contributed by atoms with Gasteiger partial charge in [0, 0.05) is 0 Å². The van der Waals surface area contributed by atoms with Gasteiger partial charge >= 0.3 is 0 Å². The normalized spacial score (nSPS) is 10.8. The fourth-order valence-electron chi connectivity index (χ4n) is 1.61. The zero-order valence-electron chi connectivity index (χ0n) is 9.67. The van der Waals surface area contributed by atoms with Gasteiger partial charge in [0.1, 0.15) is 11.6 Å². The van der Waals surface area contributed by atoms with Crippen LogP contribution in [0.3, 0.4) is 0 Å². The third kappa shape index (κ3) is 2.43. The molecule has 2 rings (SSSR count). The summed E-state index contributed by atoms with van der Waals surface area (Å²) in [5.41, 5.74) is 8.32. The molecule has 3 nitrogen and oxygen atoms in total. The minimum atomic E-state index is -0.195. The van der Waals surface area contributed by atoms with Gasteiger partial charge in [-0.1, -0.05) is 12.1 Å². The van der Waals surface area contributed by atoms with E-state index in [9.17, 15) is 4.39 Å². The molecule has 2 N–H and O–H groups in total. The summed E-state index contributed by atoms with van der Waals surface area (Å²) in [6, 6.07) is 5.18. The minimum absolute atomic E-state index is 0.195. The molecule has 90 valence electrons.